The van der Waals surface area contributed by atoms with E-state index in [0.29, 0.717) is 38.1 Å². The Labute approximate surface area is 153 Å². The Bertz CT molecular complexity index is 717. The van der Waals surface area contributed by atoms with Crippen LogP contribution in [0.5, 0.6) is 0 Å². The van der Waals surface area contributed by atoms with Gasteiger partial charge in [0.25, 0.3) is 5.56 Å². The van der Waals surface area contributed by atoms with E-state index in [0.717, 1.165) is 69.5 Å². The monoisotopic (exact) mass is 360 g/mol. The number of fused-ring (bicyclic) bond motifs is 1. The van der Waals surface area contributed by atoms with Gasteiger partial charge in [0, 0.05) is 50.1 Å². The molecule has 4 heterocycles. The number of likely N-dealkylation sites (tertiary alicyclic amines) is 2. The maximum atomic E-state index is 12.4. The van der Waals surface area contributed by atoms with Gasteiger partial charge < -0.3 is 9.64 Å². The summed E-state index contributed by atoms with van der Waals surface area (Å²) in [4.78, 5) is 28.8. The summed E-state index contributed by atoms with van der Waals surface area (Å²) in [6.45, 7) is 5.45. The van der Waals surface area contributed by atoms with Gasteiger partial charge in [-0.25, -0.2) is 4.68 Å². The van der Waals surface area contributed by atoms with Crippen molar-refractivity contribution in [2.45, 2.75) is 57.7 Å². The second-order valence-corrected chi connectivity index (χ2v) is 7.61. The minimum Gasteiger partial charge on any atom is -0.376 e. The van der Waals surface area contributed by atoms with E-state index in [1.54, 1.807) is 10.7 Å². The number of ether oxygens (including phenoxy) is 1. The van der Waals surface area contributed by atoms with Crippen LogP contribution in [0.4, 0.5) is 0 Å². The van der Waals surface area contributed by atoms with Crippen molar-refractivity contribution in [3.63, 3.8) is 0 Å². The highest BCUT2D eigenvalue weighted by Crippen LogP contribution is 2.19. The van der Waals surface area contributed by atoms with Gasteiger partial charge in [-0.3, -0.25) is 14.5 Å². The van der Waals surface area contributed by atoms with Crippen LogP contribution in [0.3, 0.4) is 0 Å². The molecular formula is C19H28N4O3. The standard InChI is InChI=1S/C19H28N4O3/c24-18-5-1-2-7-22(18)10-9-21-8-3-4-16(21)13-23-19(25)12-15-14-26-11-6-17(15)20-23/h12,16H,1-11,13-14H2. The zero-order valence-corrected chi connectivity index (χ0v) is 15.4. The molecule has 7 nitrogen and oxygen atoms in total. The van der Waals surface area contributed by atoms with Crippen LogP contribution in [-0.4, -0.2) is 64.3 Å². The second-order valence-electron chi connectivity index (χ2n) is 7.61. The number of piperidine rings is 1. The predicted molar refractivity (Wildman–Crippen MR) is 96.9 cm³/mol. The van der Waals surface area contributed by atoms with Crippen molar-refractivity contribution >= 4 is 5.91 Å². The summed E-state index contributed by atoms with van der Waals surface area (Å²) in [5.74, 6) is 0.293. The van der Waals surface area contributed by atoms with Crippen LogP contribution in [0.25, 0.3) is 0 Å². The Balaban J connectivity index is 1.39. The molecular weight excluding hydrogens is 332 g/mol. The SMILES string of the molecule is O=C1CCCCN1CCN1CCCC1Cn1nc2c(cc1=O)COCC2. The van der Waals surface area contributed by atoms with Gasteiger partial charge >= 0.3 is 0 Å². The summed E-state index contributed by atoms with van der Waals surface area (Å²) in [5, 5.41) is 4.61. The van der Waals surface area contributed by atoms with Crippen molar-refractivity contribution in [2.75, 3.05) is 32.8 Å². The molecule has 26 heavy (non-hydrogen) atoms. The van der Waals surface area contributed by atoms with Gasteiger partial charge in [0.2, 0.25) is 5.91 Å². The van der Waals surface area contributed by atoms with Crippen LogP contribution < -0.4 is 5.56 Å². The van der Waals surface area contributed by atoms with Crippen molar-refractivity contribution in [3.05, 3.63) is 27.7 Å². The predicted octanol–water partition coefficient (Wildman–Crippen LogP) is 0.793. The molecule has 2 saturated heterocycles. The molecule has 0 bridgehead atoms. The Morgan fingerprint density at radius 3 is 2.92 bits per heavy atom. The van der Waals surface area contributed by atoms with E-state index < -0.39 is 0 Å². The van der Waals surface area contributed by atoms with Crippen LogP contribution in [0, 0.1) is 0 Å². The average molecular weight is 360 g/mol. The average Bonchev–Trinajstić information content (AvgIpc) is 3.09. The summed E-state index contributed by atoms with van der Waals surface area (Å²) in [6, 6.07) is 2.02. The van der Waals surface area contributed by atoms with Crippen LogP contribution in [-0.2, 0) is 29.1 Å². The summed E-state index contributed by atoms with van der Waals surface area (Å²) >= 11 is 0. The summed E-state index contributed by atoms with van der Waals surface area (Å²) in [6.07, 6.45) is 5.85. The van der Waals surface area contributed by atoms with E-state index >= 15 is 0 Å². The van der Waals surface area contributed by atoms with Gasteiger partial charge in [-0.15, -0.1) is 0 Å². The van der Waals surface area contributed by atoms with Gasteiger partial charge in [0.05, 0.1) is 25.5 Å². The molecule has 1 amide bonds. The number of nitrogens with zero attached hydrogens (tertiary/aromatic N) is 4. The Hall–Kier alpha value is -1.73. The first-order valence-corrected chi connectivity index (χ1v) is 9.90. The maximum Gasteiger partial charge on any atom is 0.267 e. The fourth-order valence-electron chi connectivity index (χ4n) is 4.33. The summed E-state index contributed by atoms with van der Waals surface area (Å²) in [5.41, 5.74) is 1.90. The largest absolute Gasteiger partial charge is 0.376 e. The van der Waals surface area contributed by atoms with E-state index in [1.807, 2.05) is 4.90 Å². The summed E-state index contributed by atoms with van der Waals surface area (Å²) < 4.78 is 7.05. The molecule has 4 rings (SSSR count). The summed E-state index contributed by atoms with van der Waals surface area (Å²) in [7, 11) is 0. The molecule has 1 atom stereocenters. The van der Waals surface area contributed by atoms with Crippen molar-refractivity contribution < 1.29 is 9.53 Å². The molecule has 0 radical (unpaired) electrons. The van der Waals surface area contributed by atoms with E-state index in [9.17, 15) is 9.59 Å². The third-order valence-electron chi connectivity index (χ3n) is 5.87. The lowest BCUT2D eigenvalue weighted by molar-refractivity contribution is -0.133. The zero-order valence-electron chi connectivity index (χ0n) is 15.4. The zero-order chi connectivity index (χ0) is 17.9. The van der Waals surface area contributed by atoms with E-state index in [1.165, 1.54) is 0 Å². The number of carbonyl (C=O) groups excluding carboxylic acids is 1. The maximum absolute atomic E-state index is 12.4. The third-order valence-corrected chi connectivity index (χ3v) is 5.87. The number of rotatable bonds is 5. The minimum atomic E-state index is -0.0349. The van der Waals surface area contributed by atoms with Crippen molar-refractivity contribution in [2.24, 2.45) is 0 Å². The lowest BCUT2D eigenvalue weighted by Crippen LogP contribution is -2.44. The van der Waals surface area contributed by atoms with Gasteiger partial charge in [0.15, 0.2) is 0 Å². The number of aromatic nitrogens is 2. The van der Waals surface area contributed by atoms with Gasteiger partial charge in [-0.2, -0.15) is 5.10 Å². The molecule has 3 aliphatic rings. The first-order valence-electron chi connectivity index (χ1n) is 9.90. The first-order chi connectivity index (χ1) is 12.7. The number of hydrogen-bond acceptors (Lipinski definition) is 5. The van der Waals surface area contributed by atoms with Crippen molar-refractivity contribution in [3.8, 4) is 0 Å². The van der Waals surface area contributed by atoms with Gasteiger partial charge in [-0.1, -0.05) is 0 Å². The molecule has 2 fully saturated rings. The van der Waals surface area contributed by atoms with Gasteiger partial charge in [-0.05, 0) is 32.2 Å². The number of carbonyl (C=O) groups is 1. The minimum absolute atomic E-state index is 0.0349. The molecule has 0 aromatic carbocycles. The van der Waals surface area contributed by atoms with Gasteiger partial charge in [0.1, 0.15) is 0 Å². The molecule has 0 N–H and O–H groups in total. The molecule has 0 aliphatic carbocycles. The highest BCUT2D eigenvalue weighted by atomic mass is 16.5. The molecule has 1 aromatic rings. The molecule has 7 heteroatoms. The van der Waals surface area contributed by atoms with E-state index in [-0.39, 0.29) is 5.56 Å². The fraction of sp³-hybridized carbons (Fsp3) is 0.737. The quantitative estimate of drug-likeness (QED) is 0.777. The molecule has 142 valence electrons. The smallest absolute Gasteiger partial charge is 0.267 e. The second kappa shape index (κ2) is 7.88. The Morgan fingerprint density at radius 1 is 1.12 bits per heavy atom. The Kier molecular flexibility index (Phi) is 5.36. The highest BCUT2D eigenvalue weighted by molar-refractivity contribution is 5.76. The van der Waals surface area contributed by atoms with Crippen LogP contribution in [0.1, 0.15) is 43.4 Å². The normalized spacial score (nSPS) is 24.1. The molecule has 1 unspecified atom stereocenters. The molecule has 3 aliphatic heterocycles. The van der Waals surface area contributed by atoms with Crippen LogP contribution in [0.15, 0.2) is 10.9 Å². The van der Waals surface area contributed by atoms with E-state index in [4.69, 9.17) is 4.74 Å². The molecule has 1 aromatic heterocycles. The van der Waals surface area contributed by atoms with Crippen LogP contribution >= 0.6 is 0 Å². The molecule has 0 saturated carbocycles. The Morgan fingerprint density at radius 2 is 2.04 bits per heavy atom. The van der Waals surface area contributed by atoms with Crippen molar-refractivity contribution in [1.82, 2.24) is 19.6 Å². The van der Waals surface area contributed by atoms with E-state index in [2.05, 4.69) is 10.00 Å². The van der Waals surface area contributed by atoms with Crippen molar-refractivity contribution in [1.29, 1.82) is 0 Å². The molecule has 0 spiro atoms. The third kappa shape index (κ3) is 3.83. The topological polar surface area (TPSA) is 67.7 Å². The number of hydrogen-bond donors (Lipinski definition) is 0. The fourth-order valence-corrected chi connectivity index (χ4v) is 4.33. The number of amides is 1. The van der Waals surface area contributed by atoms with Crippen LogP contribution in [0.2, 0.25) is 0 Å². The lowest BCUT2D eigenvalue weighted by atomic mass is 10.1. The lowest BCUT2D eigenvalue weighted by Gasteiger charge is -2.31. The highest BCUT2D eigenvalue weighted by Gasteiger charge is 2.27. The first kappa shape index (κ1) is 17.7.